The van der Waals surface area contributed by atoms with Gasteiger partial charge in [-0.3, -0.25) is 9.59 Å². The average molecular weight is 379 g/mol. The Morgan fingerprint density at radius 3 is 2.32 bits per heavy atom. The molecule has 1 fully saturated rings. The maximum Gasteiger partial charge on any atom is 0.319 e. The molecule has 4 rings (SSSR count). The molecule has 2 atom stereocenters. The first kappa shape index (κ1) is 18.0. The maximum absolute atomic E-state index is 12.7. The molecule has 144 valence electrons. The summed E-state index contributed by atoms with van der Waals surface area (Å²) in [5, 5.41) is 17.9. The molecule has 0 heterocycles. The lowest BCUT2D eigenvalue weighted by atomic mass is 10.0. The van der Waals surface area contributed by atoms with Gasteiger partial charge in [0.1, 0.15) is 0 Å². The van der Waals surface area contributed by atoms with Gasteiger partial charge in [-0.2, -0.15) is 0 Å². The van der Waals surface area contributed by atoms with Crippen molar-refractivity contribution in [2.75, 3.05) is 5.32 Å². The van der Waals surface area contributed by atoms with Crippen LogP contribution in [0.2, 0.25) is 0 Å². The lowest BCUT2D eigenvalue weighted by molar-refractivity contribution is -0.142. The predicted molar refractivity (Wildman–Crippen MR) is 103 cm³/mol. The van der Waals surface area contributed by atoms with Crippen LogP contribution in [-0.4, -0.2) is 29.1 Å². The Bertz CT molecular complexity index is 922. The van der Waals surface area contributed by atoms with Crippen LogP contribution in [-0.2, 0) is 11.2 Å². The van der Waals surface area contributed by atoms with Crippen LogP contribution in [0.1, 0.15) is 40.4 Å². The Hall–Kier alpha value is -3.35. The van der Waals surface area contributed by atoms with E-state index >= 15 is 0 Å². The number of carboxylic acids is 1. The minimum absolute atomic E-state index is 0.258. The zero-order valence-electron chi connectivity index (χ0n) is 15.1. The zero-order valence-corrected chi connectivity index (χ0v) is 15.1. The molecule has 2 aromatic carbocycles. The molecule has 0 radical (unpaired) electrons. The summed E-state index contributed by atoms with van der Waals surface area (Å²) in [4.78, 5) is 36.1. The summed E-state index contributed by atoms with van der Waals surface area (Å²) in [5.74, 6) is -1.96. The SMILES string of the molecule is O=C(Nc1ccc(C(=O)NC2c3ccccc3CC2C(=O)O)cc1)NC1CC1. The van der Waals surface area contributed by atoms with Gasteiger partial charge in [-0.25, -0.2) is 4.79 Å². The second kappa shape index (κ2) is 7.34. The number of carbonyl (C=O) groups is 3. The predicted octanol–water partition coefficient (Wildman–Crippen LogP) is 2.70. The Kier molecular flexibility index (Phi) is 4.73. The van der Waals surface area contributed by atoms with Gasteiger partial charge in [-0.05, 0) is 54.7 Å². The van der Waals surface area contributed by atoms with E-state index in [1.54, 1.807) is 24.3 Å². The Labute approximate surface area is 162 Å². The zero-order chi connectivity index (χ0) is 19.7. The van der Waals surface area contributed by atoms with Crippen molar-refractivity contribution >= 4 is 23.6 Å². The van der Waals surface area contributed by atoms with Crippen LogP contribution >= 0.6 is 0 Å². The van der Waals surface area contributed by atoms with E-state index in [-0.39, 0.29) is 18.0 Å². The highest BCUT2D eigenvalue weighted by atomic mass is 16.4. The van der Waals surface area contributed by atoms with Crippen molar-refractivity contribution in [3.05, 3.63) is 65.2 Å². The highest BCUT2D eigenvalue weighted by molar-refractivity contribution is 5.96. The molecule has 0 aromatic heterocycles. The summed E-state index contributed by atoms with van der Waals surface area (Å²) >= 11 is 0. The molecule has 7 nitrogen and oxygen atoms in total. The summed E-state index contributed by atoms with van der Waals surface area (Å²) in [7, 11) is 0. The van der Waals surface area contributed by atoms with E-state index in [0.29, 0.717) is 17.7 Å². The number of fused-ring (bicyclic) bond motifs is 1. The fourth-order valence-electron chi connectivity index (χ4n) is 3.51. The van der Waals surface area contributed by atoms with E-state index in [2.05, 4.69) is 16.0 Å². The van der Waals surface area contributed by atoms with Crippen LogP contribution < -0.4 is 16.0 Å². The third kappa shape index (κ3) is 3.83. The molecule has 2 aliphatic rings. The number of anilines is 1. The Morgan fingerprint density at radius 1 is 0.929 bits per heavy atom. The molecule has 0 aliphatic heterocycles. The number of urea groups is 1. The third-order valence-electron chi connectivity index (χ3n) is 5.15. The number of carboxylic acid groups (broad SMARTS) is 1. The number of nitrogens with one attached hydrogen (secondary N) is 3. The number of aliphatic carboxylic acids is 1. The highest BCUT2D eigenvalue weighted by Crippen LogP contribution is 2.36. The fourth-order valence-corrected chi connectivity index (χ4v) is 3.51. The molecule has 1 saturated carbocycles. The second-order valence-corrected chi connectivity index (χ2v) is 7.25. The molecule has 2 unspecified atom stereocenters. The minimum Gasteiger partial charge on any atom is -0.481 e. The van der Waals surface area contributed by atoms with Gasteiger partial charge in [-0.1, -0.05) is 24.3 Å². The number of benzene rings is 2. The molecular formula is C21H21N3O4. The van der Waals surface area contributed by atoms with Crippen molar-refractivity contribution in [1.29, 1.82) is 0 Å². The van der Waals surface area contributed by atoms with Crippen LogP contribution in [0.3, 0.4) is 0 Å². The largest absolute Gasteiger partial charge is 0.481 e. The molecule has 7 heteroatoms. The van der Waals surface area contributed by atoms with Crippen LogP contribution in [0.5, 0.6) is 0 Å². The summed E-state index contributed by atoms with van der Waals surface area (Å²) in [6.07, 6.45) is 2.41. The summed E-state index contributed by atoms with van der Waals surface area (Å²) < 4.78 is 0. The molecular weight excluding hydrogens is 358 g/mol. The maximum atomic E-state index is 12.7. The van der Waals surface area contributed by atoms with Gasteiger partial charge < -0.3 is 21.1 Å². The van der Waals surface area contributed by atoms with E-state index in [4.69, 9.17) is 0 Å². The second-order valence-electron chi connectivity index (χ2n) is 7.25. The van der Waals surface area contributed by atoms with Crippen LogP contribution in [0, 0.1) is 5.92 Å². The van der Waals surface area contributed by atoms with Gasteiger partial charge in [0, 0.05) is 17.3 Å². The topological polar surface area (TPSA) is 108 Å². The monoisotopic (exact) mass is 379 g/mol. The molecule has 0 bridgehead atoms. The van der Waals surface area contributed by atoms with Crippen molar-refractivity contribution in [2.45, 2.75) is 31.3 Å². The molecule has 0 saturated heterocycles. The van der Waals surface area contributed by atoms with Gasteiger partial charge in [0.15, 0.2) is 0 Å². The number of amides is 3. The molecule has 2 aromatic rings. The normalized spacial score (nSPS) is 20.1. The Balaban J connectivity index is 1.44. The quantitative estimate of drug-likeness (QED) is 0.641. The molecule has 2 aliphatic carbocycles. The lowest BCUT2D eigenvalue weighted by Crippen LogP contribution is -2.34. The van der Waals surface area contributed by atoms with E-state index < -0.39 is 17.9 Å². The number of rotatable bonds is 5. The first-order valence-electron chi connectivity index (χ1n) is 9.30. The van der Waals surface area contributed by atoms with Gasteiger partial charge >= 0.3 is 12.0 Å². The summed E-state index contributed by atoms with van der Waals surface area (Å²) in [6.45, 7) is 0. The lowest BCUT2D eigenvalue weighted by Gasteiger charge is -2.19. The first-order chi connectivity index (χ1) is 13.5. The van der Waals surface area contributed by atoms with Gasteiger partial charge in [0.2, 0.25) is 0 Å². The summed E-state index contributed by atoms with van der Waals surface area (Å²) in [6, 6.07) is 13.4. The van der Waals surface area contributed by atoms with Crippen LogP contribution in [0.4, 0.5) is 10.5 Å². The van der Waals surface area contributed by atoms with Crippen molar-refractivity contribution in [1.82, 2.24) is 10.6 Å². The van der Waals surface area contributed by atoms with Crippen LogP contribution in [0.15, 0.2) is 48.5 Å². The summed E-state index contributed by atoms with van der Waals surface area (Å²) in [5.41, 5.74) is 2.78. The minimum atomic E-state index is -0.928. The van der Waals surface area contributed by atoms with Gasteiger partial charge in [-0.15, -0.1) is 0 Å². The van der Waals surface area contributed by atoms with Crippen LogP contribution in [0.25, 0.3) is 0 Å². The van der Waals surface area contributed by atoms with Gasteiger partial charge in [0.05, 0.1) is 12.0 Å². The van der Waals surface area contributed by atoms with Crippen molar-refractivity contribution < 1.29 is 19.5 Å². The fraction of sp³-hybridized carbons (Fsp3) is 0.286. The Morgan fingerprint density at radius 2 is 1.64 bits per heavy atom. The first-order valence-corrected chi connectivity index (χ1v) is 9.30. The number of hydrogen-bond donors (Lipinski definition) is 4. The van der Waals surface area contributed by atoms with Crippen molar-refractivity contribution in [3.8, 4) is 0 Å². The number of hydrogen-bond acceptors (Lipinski definition) is 3. The highest BCUT2D eigenvalue weighted by Gasteiger charge is 2.38. The molecule has 28 heavy (non-hydrogen) atoms. The van der Waals surface area contributed by atoms with E-state index in [1.807, 2.05) is 24.3 Å². The van der Waals surface area contributed by atoms with Gasteiger partial charge in [0.25, 0.3) is 5.91 Å². The van der Waals surface area contributed by atoms with Crippen molar-refractivity contribution in [3.63, 3.8) is 0 Å². The smallest absolute Gasteiger partial charge is 0.319 e. The van der Waals surface area contributed by atoms with Crippen molar-refractivity contribution in [2.24, 2.45) is 5.92 Å². The molecule has 0 spiro atoms. The number of carbonyl (C=O) groups excluding carboxylic acids is 2. The average Bonchev–Trinajstić information content (AvgIpc) is 3.41. The van der Waals surface area contributed by atoms with E-state index in [1.165, 1.54) is 0 Å². The van der Waals surface area contributed by atoms with E-state index in [0.717, 1.165) is 24.0 Å². The molecule has 3 amide bonds. The third-order valence-corrected chi connectivity index (χ3v) is 5.15. The van der Waals surface area contributed by atoms with E-state index in [9.17, 15) is 19.5 Å². The standard InChI is InChI=1S/C21H21N3O4/c25-19(12-5-7-14(8-6-12)22-21(28)23-15-9-10-15)24-18-16-4-2-1-3-13(16)11-17(18)20(26)27/h1-8,15,17-18H,9-11H2,(H,24,25)(H,26,27)(H2,22,23,28). The molecule has 4 N–H and O–H groups in total.